The molecule has 3 rings (SSSR count). The fraction of sp³-hybridized carbons (Fsp3) is 0.0833. The maximum atomic E-state index is 5.62. The highest BCUT2D eigenvalue weighted by molar-refractivity contribution is 5.32. The van der Waals surface area contributed by atoms with Crippen molar-refractivity contribution < 1.29 is 4.74 Å². The molecule has 1 aromatic carbocycles. The third kappa shape index (κ3) is 2.92. The first-order valence-corrected chi connectivity index (χ1v) is 6.07. The minimum atomic E-state index is 0.106. The van der Waals surface area contributed by atoms with E-state index in [2.05, 4.69) is 30.5 Å². The van der Waals surface area contributed by atoms with Gasteiger partial charge in [0.25, 0.3) is 5.95 Å². The van der Waals surface area contributed by atoms with E-state index in [4.69, 9.17) is 10.6 Å². The summed E-state index contributed by atoms with van der Waals surface area (Å²) in [6, 6.07) is 7.63. The van der Waals surface area contributed by atoms with Crippen molar-refractivity contribution in [2.75, 3.05) is 5.43 Å². The van der Waals surface area contributed by atoms with Crippen molar-refractivity contribution >= 4 is 5.95 Å². The maximum Gasteiger partial charge on any atom is 0.328 e. The van der Waals surface area contributed by atoms with E-state index in [1.165, 1.54) is 17.3 Å². The number of rotatable bonds is 4. The van der Waals surface area contributed by atoms with E-state index in [-0.39, 0.29) is 17.9 Å². The number of aromatic nitrogens is 6. The molecule has 0 amide bonds. The summed E-state index contributed by atoms with van der Waals surface area (Å²) in [5, 5.41) is 3.95. The molecule has 3 aromatic rings. The Kier molecular flexibility index (Phi) is 3.39. The van der Waals surface area contributed by atoms with Crippen molar-refractivity contribution in [3.63, 3.8) is 0 Å². The smallest absolute Gasteiger partial charge is 0.328 e. The van der Waals surface area contributed by atoms with Gasteiger partial charge >= 0.3 is 6.01 Å². The number of nitrogens with two attached hydrogens (primary N) is 1. The highest BCUT2D eigenvalue weighted by atomic mass is 16.5. The Morgan fingerprint density at radius 2 is 2.14 bits per heavy atom. The van der Waals surface area contributed by atoms with Gasteiger partial charge < -0.3 is 4.74 Å². The summed E-state index contributed by atoms with van der Waals surface area (Å²) in [6.45, 7) is 1.97. The van der Waals surface area contributed by atoms with Crippen LogP contribution in [0.1, 0.15) is 5.56 Å². The molecule has 0 saturated carbocycles. The van der Waals surface area contributed by atoms with E-state index in [0.29, 0.717) is 5.75 Å². The summed E-state index contributed by atoms with van der Waals surface area (Å²) in [5.41, 5.74) is 3.43. The molecule has 21 heavy (non-hydrogen) atoms. The number of benzene rings is 1. The Morgan fingerprint density at radius 3 is 2.86 bits per heavy atom. The van der Waals surface area contributed by atoms with Crippen molar-refractivity contribution in [2.24, 2.45) is 5.84 Å². The second-order valence-corrected chi connectivity index (χ2v) is 4.14. The Bertz CT molecular complexity index is 743. The molecule has 9 nitrogen and oxygen atoms in total. The van der Waals surface area contributed by atoms with Crippen LogP contribution in [0.3, 0.4) is 0 Å². The summed E-state index contributed by atoms with van der Waals surface area (Å²) in [7, 11) is 0. The van der Waals surface area contributed by atoms with Crippen molar-refractivity contribution in [2.45, 2.75) is 6.92 Å². The lowest BCUT2D eigenvalue weighted by Gasteiger charge is -2.07. The maximum absolute atomic E-state index is 5.62. The van der Waals surface area contributed by atoms with Crippen LogP contribution in [0.2, 0.25) is 0 Å². The Hall–Kier alpha value is -3.07. The van der Waals surface area contributed by atoms with Crippen LogP contribution in [-0.2, 0) is 0 Å². The van der Waals surface area contributed by atoms with E-state index in [1.54, 1.807) is 0 Å². The van der Waals surface area contributed by atoms with Crippen LogP contribution < -0.4 is 16.0 Å². The van der Waals surface area contributed by atoms with Gasteiger partial charge in [0.2, 0.25) is 5.95 Å². The zero-order valence-corrected chi connectivity index (χ0v) is 11.1. The van der Waals surface area contributed by atoms with Crippen LogP contribution in [0.25, 0.3) is 5.95 Å². The predicted molar refractivity (Wildman–Crippen MR) is 73.8 cm³/mol. The van der Waals surface area contributed by atoms with Crippen LogP contribution in [-0.4, -0.2) is 29.7 Å². The van der Waals surface area contributed by atoms with Crippen LogP contribution >= 0.6 is 0 Å². The van der Waals surface area contributed by atoms with Gasteiger partial charge in [0, 0.05) is 0 Å². The average Bonchev–Trinajstić information content (AvgIpc) is 3.01. The molecule has 0 aliphatic carbocycles. The van der Waals surface area contributed by atoms with Crippen molar-refractivity contribution in [3.05, 3.63) is 42.5 Å². The molecule has 2 heterocycles. The van der Waals surface area contributed by atoms with E-state index in [9.17, 15) is 0 Å². The molecule has 0 atom stereocenters. The third-order valence-electron chi connectivity index (χ3n) is 2.55. The molecule has 3 N–H and O–H groups in total. The molecule has 2 aromatic heterocycles. The quantitative estimate of drug-likeness (QED) is 0.534. The Labute approximate surface area is 119 Å². The second kappa shape index (κ2) is 5.51. The lowest BCUT2D eigenvalue weighted by Crippen LogP contribution is -2.14. The Morgan fingerprint density at radius 1 is 1.24 bits per heavy atom. The largest absolute Gasteiger partial charge is 0.424 e. The minimum Gasteiger partial charge on any atom is -0.424 e. The summed E-state index contributed by atoms with van der Waals surface area (Å²) >= 11 is 0. The lowest BCUT2D eigenvalue weighted by atomic mass is 10.2. The first-order valence-electron chi connectivity index (χ1n) is 6.07. The van der Waals surface area contributed by atoms with E-state index in [1.807, 2.05) is 31.2 Å². The van der Waals surface area contributed by atoms with E-state index < -0.39 is 0 Å². The number of ether oxygens (including phenoxy) is 1. The van der Waals surface area contributed by atoms with Crippen LogP contribution in [0.5, 0.6) is 11.8 Å². The van der Waals surface area contributed by atoms with Gasteiger partial charge in [-0.25, -0.2) is 10.8 Å². The number of nitrogen functional groups attached to an aromatic ring is 1. The fourth-order valence-electron chi connectivity index (χ4n) is 1.65. The molecule has 106 valence electrons. The number of hydrogen-bond donors (Lipinski definition) is 2. The van der Waals surface area contributed by atoms with E-state index in [0.717, 1.165) is 5.56 Å². The number of nitrogens with one attached hydrogen (secondary N) is 1. The van der Waals surface area contributed by atoms with Crippen LogP contribution in [0.4, 0.5) is 5.95 Å². The average molecular weight is 284 g/mol. The van der Waals surface area contributed by atoms with Gasteiger partial charge in [-0.2, -0.15) is 24.7 Å². The van der Waals surface area contributed by atoms with Gasteiger partial charge in [-0.1, -0.05) is 12.1 Å². The molecule has 0 spiro atoms. The molecule has 0 saturated heterocycles. The SMILES string of the molecule is Cc1cccc(Oc2nc(NN)nc(-n3cncn3)n2)c1. The summed E-state index contributed by atoms with van der Waals surface area (Å²) in [4.78, 5) is 16.1. The third-order valence-corrected chi connectivity index (χ3v) is 2.55. The molecule has 0 bridgehead atoms. The van der Waals surface area contributed by atoms with Gasteiger partial charge in [0.1, 0.15) is 18.4 Å². The molecule has 0 aliphatic heterocycles. The fourth-order valence-corrected chi connectivity index (χ4v) is 1.65. The molecular formula is C12H12N8O. The van der Waals surface area contributed by atoms with Crippen molar-refractivity contribution in [3.8, 4) is 17.7 Å². The first-order chi connectivity index (χ1) is 10.2. The van der Waals surface area contributed by atoms with Gasteiger partial charge in [0.15, 0.2) is 0 Å². The molecule has 0 aliphatic rings. The molecule has 0 unspecified atom stereocenters. The second-order valence-electron chi connectivity index (χ2n) is 4.14. The van der Waals surface area contributed by atoms with E-state index >= 15 is 0 Å². The lowest BCUT2D eigenvalue weighted by molar-refractivity contribution is 0.438. The highest BCUT2D eigenvalue weighted by Gasteiger charge is 2.10. The molecule has 0 fully saturated rings. The summed E-state index contributed by atoms with van der Waals surface area (Å²) < 4.78 is 7.00. The number of nitrogens with zero attached hydrogens (tertiary/aromatic N) is 6. The van der Waals surface area contributed by atoms with Crippen molar-refractivity contribution in [1.82, 2.24) is 29.7 Å². The monoisotopic (exact) mass is 284 g/mol. The Balaban J connectivity index is 1.96. The predicted octanol–water partition coefficient (Wildman–Crippen LogP) is 0.839. The standard InChI is InChI=1S/C12H12N8O/c1-8-3-2-4-9(5-8)21-12-17-10(19-13)16-11(18-12)20-7-14-6-15-20/h2-7H,13H2,1H3,(H,16,17,18,19). The highest BCUT2D eigenvalue weighted by Crippen LogP contribution is 2.20. The molecule has 9 heteroatoms. The topological polar surface area (TPSA) is 117 Å². The number of hydrazine groups is 1. The van der Waals surface area contributed by atoms with Crippen LogP contribution in [0.15, 0.2) is 36.9 Å². The summed E-state index contributed by atoms with van der Waals surface area (Å²) in [5.74, 6) is 6.39. The minimum absolute atomic E-state index is 0.106. The zero-order chi connectivity index (χ0) is 14.7. The number of anilines is 1. The first kappa shape index (κ1) is 12.9. The molecule has 0 radical (unpaired) electrons. The van der Waals surface area contributed by atoms with Gasteiger partial charge in [-0.05, 0) is 24.6 Å². The van der Waals surface area contributed by atoms with Gasteiger partial charge in [-0.15, -0.1) is 0 Å². The van der Waals surface area contributed by atoms with Gasteiger partial charge in [0.05, 0.1) is 0 Å². The number of hydrogen-bond acceptors (Lipinski definition) is 8. The van der Waals surface area contributed by atoms with Crippen molar-refractivity contribution in [1.29, 1.82) is 0 Å². The molecular weight excluding hydrogens is 272 g/mol. The van der Waals surface area contributed by atoms with Crippen LogP contribution in [0, 0.1) is 6.92 Å². The zero-order valence-electron chi connectivity index (χ0n) is 11.1. The number of aryl methyl sites for hydroxylation is 1. The van der Waals surface area contributed by atoms with Gasteiger partial charge in [-0.3, -0.25) is 5.43 Å². The summed E-state index contributed by atoms with van der Waals surface area (Å²) in [6.07, 6.45) is 2.84. The normalized spacial score (nSPS) is 10.4.